The van der Waals surface area contributed by atoms with E-state index in [0.29, 0.717) is 11.9 Å². The van der Waals surface area contributed by atoms with E-state index in [4.69, 9.17) is 0 Å². The minimum atomic E-state index is 0.360. The third-order valence-corrected chi connectivity index (χ3v) is 2.73. The maximum absolute atomic E-state index is 4.22. The lowest BCUT2D eigenvalue weighted by Crippen LogP contribution is -1.79. The molecule has 0 saturated carbocycles. The fraction of sp³-hybridized carbons (Fsp3) is 0. The highest BCUT2D eigenvalue weighted by Gasteiger charge is 1.98. The van der Waals surface area contributed by atoms with Crippen molar-refractivity contribution in [1.82, 2.24) is 15.2 Å². The Balaban J connectivity index is 1.69. The molecule has 102 valence electrons. The van der Waals surface area contributed by atoms with Gasteiger partial charge >= 0.3 is 0 Å². The highest BCUT2D eigenvalue weighted by Crippen LogP contribution is 2.10. The first-order valence-corrected chi connectivity index (χ1v) is 6.51. The van der Waals surface area contributed by atoms with Gasteiger partial charge in [0.2, 0.25) is 5.95 Å². The largest absolute Gasteiger partial charge is 0.269 e. The molecule has 1 heterocycles. The van der Waals surface area contributed by atoms with Gasteiger partial charge in [-0.15, -0.1) is 5.10 Å². The van der Waals surface area contributed by atoms with Crippen molar-refractivity contribution in [2.75, 3.05) is 0 Å². The van der Waals surface area contributed by atoms with Crippen LogP contribution in [0.5, 0.6) is 0 Å². The van der Waals surface area contributed by atoms with Crippen LogP contribution in [-0.2, 0) is 0 Å². The average Bonchev–Trinajstić information content (AvgIpc) is 3.01. The Morgan fingerprint density at radius 1 is 0.762 bits per heavy atom. The van der Waals surface area contributed by atoms with Crippen LogP contribution >= 0.6 is 0 Å². The fourth-order valence-electron chi connectivity index (χ4n) is 1.71. The molecule has 0 bridgehead atoms. The number of benzene rings is 2. The van der Waals surface area contributed by atoms with Crippen molar-refractivity contribution >= 4 is 24.3 Å². The Kier molecular flexibility index (Phi) is 3.93. The average molecular weight is 275 g/mol. The van der Waals surface area contributed by atoms with Crippen molar-refractivity contribution in [3.63, 3.8) is 0 Å². The Morgan fingerprint density at radius 3 is 1.95 bits per heavy atom. The van der Waals surface area contributed by atoms with Gasteiger partial charge in [0, 0.05) is 12.4 Å². The van der Waals surface area contributed by atoms with Crippen molar-refractivity contribution in [1.29, 1.82) is 0 Å². The molecule has 0 radical (unpaired) electrons. The smallest absolute Gasteiger partial charge is 0.241 e. The van der Waals surface area contributed by atoms with Crippen molar-refractivity contribution in [2.45, 2.75) is 0 Å². The Bertz CT molecular complexity index is 681. The van der Waals surface area contributed by atoms with E-state index in [2.05, 4.69) is 25.2 Å². The van der Waals surface area contributed by atoms with Crippen LogP contribution in [0.25, 0.3) is 0 Å². The summed E-state index contributed by atoms with van der Waals surface area (Å²) in [7, 11) is 0. The van der Waals surface area contributed by atoms with E-state index in [1.807, 2.05) is 60.7 Å². The van der Waals surface area contributed by atoms with Gasteiger partial charge in [-0.3, -0.25) is 0 Å². The summed E-state index contributed by atoms with van der Waals surface area (Å²) in [5, 5.41) is 6.74. The van der Waals surface area contributed by atoms with Gasteiger partial charge in [-0.2, -0.15) is 4.98 Å². The second kappa shape index (κ2) is 6.38. The first-order valence-electron chi connectivity index (χ1n) is 6.51. The van der Waals surface area contributed by atoms with E-state index in [1.165, 1.54) is 0 Å². The molecular formula is C16H13N5. The van der Waals surface area contributed by atoms with Crippen molar-refractivity contribution in [2.24, 2.45) is 9.98 Å². The monoisotopic (exact) mass is 275 g/mol. The molecule has 0 aliphatic rings. The molecule has 3 aromatic rings. The fourth-order valence-corrected chi connectivity index (χ4v) is 1.71. The lowest BCUT2D eigenvalue weighted by atomic mass is 10.2. The van der Waals surface area contributed by atoms with Crippen LogP contribution in [0.3, 0.4) is 0 Å². The third-order valence-electron chi connectivity index (χ3n) is 2.73. The second-order valence-corrected chi connectivity index (χ2v) is 4.30. The van der Waals surface area contributed by atoms with E-state index in [9.17, 15) is 0 Å². The third kappa shape index (κ3) is 3.70. The summed E-state index contributed by atoms with van der Waals surface area (Å²) in [4.78, 5) is 12.6. The van der Waals surface area contributed by atoms with Crippen LogP contribution in [0.1, 0.15) is 11.1 Å². The molecule has 3 rings (SSSR count). The second-order valence-electron chi connectivity index (χ2n) is 4.30. The Hall–Kier alpha value is -3.08. The summed E-state index contributed by atoms with van der Waals surface area (Å²) in [6.45, 7) is 0. The predicted molar refractivity (Wildman–Crippen MR) is 83.8 cm³/mol. The van der Waals surface area contributed by atoms with Crippen LogP contribution in [0, 0.1) is 0 Å². The molecule has 5 heteroatoms. The summed E-state index contributed by atoms with van der Waals surface area (Å²) in [5.74, 6) is 0.790. The molecule has 21 heavy (non-hydrogen) atoms. The van der Waals surface area contributed by atoms with Crippen molar-refractivity contribution < 1.29 is 0 Å². The molecule has 1 N–H and O–H groups in total. The highest BCUT2D eigenvalue weighted by molar-refractivity contribution is 5.82. The van der Waals surface area contributed by atoms with Gasteiger partial charge in [0.05, 0.1) is 0 Å². The zero-order valence-corrected chi connectivity index (χ0v) is 11.2. The molecular weight excluding hydrogens is 262 g/mol. The van der Waals surface area contributed by atoms with Gasteiger partial charge in [-0.05, 0) is 11.1 Å². The molecule has 2 aromatic carbocycles. The standard InChI is InChI=1S/C16H13N5/c1-3-7-13(8-4-1)11-17-15-19-16(21-20-15)18-12-14-9-5-2-6-10-14/h1-12H,(H,19,20,21)/b17-11+,18-12+. The zero-order valence-electron chi connectivity index (χ0n) is 11.2. The number of rotatable bonds is 4. The van der Waals surface area contributed by atoms with E-state index in [1.54, 1.807) is 12.4 Å². The number of nitrogens with zero attached hydrogens (tertiary/aromatic N) is 4. The van der Waals surface area contributed by atoms with Crippen LogP contribution in [-0.4, -0.2) is 27.6 Å². The summed E-state index contributed by atoms with van der Waals surface area (Å²) in [6.07, 6.45) is 3.44. The minimum absolute atomic E-state index is 0.360. The Morgan fingerprint density at radius 2 is 1.33 bits per heavy atom. The normalized spacial score (nSPS) is 11.4. The van der Waals surface area contributed by atoms with Gasteiger partial charge in [0.1, 0.15) is 0 Å². The molecule has 5 nitrogen and oxygen atoms in total. The van der Waals surface area contributed by atoms with E-state index in [0.717, 1.165) is 11.1 Å². The SMILES string of the molecule is C(=N\c1n[nH]c(/N=C/c2ccccc2)n1)/c1ccccc1. The molecule has 0 spiro atoms. The van der Waals surface area contributed by atoms with Gasteiger partial charge in [0.15, 0.2) is 0 Å². The molecule has 0 amide bonds. The lowest BCUT2D eigenvalue weighted by molar-refractivity contribution is 1.08. The van der Waals surface area contributed by atoms with E-state index in [-0.39, 0.29) is 0 Å². The number of H-pyrrole nitrogens is 1. The van der Waals surface area contributed by atoms with E-state index >= 15 is 0 Å². The van der Waals surface area contributed by atoms with Crippen molar-refractivity contribution in [3.8, 4) is 0 Å². The maximum Gasteiger partial charge on any atom is 0.269 e. The van der Waals surface area contributed by atoms with Gasteiger partial charge in [-0.25, -0.2) is 15.1 Å². The minimum Gasteiger partial charge on any atom is -0.241 e. The molecule has 0 fully saturated rings. The number of hydrogen-bond acceptors (Lipinski definition) is 4. The molecule has 0 saturated heterocycles. The number of aromatic nitrogens is 3. The molecule has 0 aliphatic carbocycles. The molecule has 0 atom stereocenters. The first kappa shape index (κ1) is 12.9. The summed E-state index contributed by atoms with van der Waals surface area (Å²) in [6, 6.07) is 19.6. The number of hydrogen-bond donors (Lipinski definition) is 1. The van der Waals surface area contributed by atoms with Crippen LogP contribution < -0.4 is 0 Å². The van der Waals surface area contributed by atoms with Gasteiger partial charge < -0.3 is 0 Å². The van der Waals surface area contributed by atoms with E-state index < -0.39 is 0 Å². The number of nitrogens with one attached hydrogen (secondary N) is 1. The maximum atomic E-state index is 4.22. The van der Waals surface area contributed by atoms with Crippen LogP contribution in [0.2, 0.25) is 0 Å². The van der Waals surface area contributed by atoms with Crippen LogP contribution in [0.4, 0.5) is 11.9 Å². The topological polar surface area (TPSA) is 66.3 Å². The van der Waals surface area contributed by atoms with Crippen LogP contribution in [0.15, 0.2) is 70.6 Å². The number of aromatic amines is 1. The highest BCUT2D eigenvalue weighted by atomic mass is 15.3. The predicted octanol–water partition coefficient (Wildman–Crippen LogP) is 3.31. The molecule has 0 aliphatic heterocycles. The molecule has 0 unspecified atom stereocenters. The summed E-state index contributed by atoms with van der Waals surface area (Å²) in [5.41, 5.74) is 2.00. The number of aliphatic imine (C=N–C) groups is 2. The van der Waals surface area contributed by atoms with Gasteiger partial charge in [0.25, 0.3) is 5.95 Å². The Labute approximate surface area is 122 Å². The zero-order chi connectivity index (χ0) is 14.3. The van der Waals surface area contributed by atoms with Gasteiger partial charge in [-0.1, -0.05) is 60.7 Å². The quantitative estimate of drug-likeness (QED) is 0.742. The summed E-state index contributed by atoms with van der Waals surface area (Å²) >= 11 is 0. The lowest BCUT2D eigenvalue weighted by Gasteiger charge is -1.89. The summed E-state index contributed by atoms with van der Waals surface area (Å²) < 4.78 is 0. The first-order chi connectivity index (χ1) is 10.4. The molecule has 1 aromatic heterocycles. The van der Waals surface area contributed by atoms with Crippen molar-refractivity contribution in [3.05, 3.63) is 71.8 Å².